The number of amides is 2. The molecule has 53 heavy (non-hydrogen) atoms. The molecule has 0 spiro atoms. The van der Waals surface area contributed by atoms with Gasteiger partial charge in [-0.3, -0.25) is 9.59 Å². The summed E-state index contributed by atoms with van der Waals surface area (Å²) < 4.78 is 0. The van der Waals surface area contributed by atoms with Crippen LogP contribution in [0.15, 0.2) is 106 Å². The minimum Gasteiger partial charge on any atom is -0.511 e. The minimum absolute atomic E-state index is 0.00127. The van der Waals surface area contributed by atoms with Gasteiger partial charge in [-0.2, -0.15) is 0 Å². The lowest BCUT2D eigenvalue weighted by Gasteiger charge is -2.18. The summed E-state index contributed by atoms with van der Waals surface area (Å²) in [5, 5.41) is 21.5. The third kappa shape index (κ3) is 7.76. The molecule has 282 valence electrons. The van der Waals surface area contributed by atoms with Crippen molar-refractivity contribution in [1.29, 1.82) is 0 Å². The first-order chi connectivity index (χ1) is 25.6. The van der Waals surface area contributed by atoms with Gasteiger partial charge in [0.1, 0.15) is 5.76 Å². The highest BCUT2D eigenvalue weighted by molar-refractivity contribution is 6.22. The van der Waals surface area contributed by atoms with Gasteiger partial charge in [-0.25, -0.2) is 15.0 Å². The van der Waals surface area contributed by atoms with Gasteiger partial charge >= 0.3 is 0 Å². The number of aliphatic hydroxyl groups is 1. The quantitative estimate of drug-likeness (QED) is 0.126. The number of fused-ring (bicyclic) bond motifs is 5. The second kappa shape index (κ2) is 16.6. The van der Waals surface area contributed by atoms with Crippen LogP contribution in [0.3, 0.4) is 0 Å². The number of carbonyl (C=O) groups is 2. The molecule has 9 nitrogen and oxygen atoms in total. The molecule has 0 radical (unpaired) electrons. The van der Waals surface area contributed by atoms with E-state index in [1.807, 2.05) is 26.0 Å². The normalized spacial score (nSPS) is 21.9. The largest absolute Gasteiger partial charge is 0.511 e. The van der Waals surface area contributed by atoms with Crippen LogP contribution in [0.2, 0.25) is 0 Å². The first-order valence-electron chi connectivity index (χ1n) is 20.1. The van der Waals surface area contributed by atoms with E-state index >= 15 is 0 Å². The maximum absolute atomic E-state index is 13.9. The van der Waals surface area contributed by atoms with E-state index in [0.717, 1.165) is 125 Å². The molecule has 1 aliphatic carbocycles. The van der Waals surface area contributed by atoms with Gasteiger partial charge in [0.2, 0.25) is 5.91 Å². The number of rotatable bonds is 15. The fraction of sp³-hybridized carbons (Fsp3) is 0.523. The van der Waals surface area contributed by atoms with Crippen LogP contribution in [0, 0.1) is 11.8 Å². The molecule has 5 heterocycles. The molecule has 5 aliphatic heterocycles. The molecule has 6 rings (SSSR count). The Hall–Kier alpha value is -4.53. The lowest BCUT2D eigenvalue weighted by Crippen LogP contribution is -2.27. The summed E-state index contributed by atoms with van der Waals surface area (Å²) in [6.45, 7) is 16.1. The predicted molar refractivity (Wildman–Crippen MR) is 216 cm³/mol. The van der Waals surface area contributed by atoms with Crippen molar-refractivity contribution in [3.8, 4) is 0 Å². The Kier molecular flexibility index (Phi) is 12.0. The number of aliphatic imine (C=N–C) groups is 3. The standard InChI is InChI=1S/C44H58N6O3/c1-8-11-13-15-19-45-39(52)18-17-30-26(5)33-22-34-27(6)40(44(53)46-20-16-14-12-9-2)37(48-34)24-32-25(4)29(10-3)36(47-32)23-35-28(7)41-38(51)21-31(42(30)49-33)43(41)50-35/h22-24,26,30,49,51H,8-21H2,1-7H3,(H,45,52)(H,46,53)/t26-,30-/m0/s1. The van der Waals surface area contributed by atoms with Gasteiger partial charge < -0.3 is 21.1 Å². The molecule has 6 aliphatic rings. The van der Waals surface area contributed by atoms with Crippen molar-refractivity contribution < 1.29 is 14.7 Å². The summed E-state index contributed by atoms with van der Waals surface area (Å²) in [4.78, 5) is 42.3. The van der Waals surface area contributed by atoms with Crippen molar-refractivity contribution in [2.75, 3.05) is 13.1 Å². The van der Waals surface area contributed by atoms with Crippen LogP contribution in [0.4, 0.5) is 0 Å². The van der Waals surface area contributed by atoms with Crippen LogP contribution in [-0.2, 0) is 9.59 Å². The van der Waals surface area contributed by atoms with E-state index in [1.165, 1.54) is 6.42 Å². The SMILES string of the molecule is CCCCCCNC(=O)CC[C@@H]1C2=C3CC(O)=C4C3=NC(=C4C)C=C3N=C(C=C4N=C(C=C(N2)[C@H]1C)C(C)=C4C(=O)NCCCCCC)C(C)=C3CC. The topological polar surface area (TPSA) is 128 Å². The fourth-order valence-electron chi connectivity index (χ4n) is 8.39. The van der Waals surface area contributed by atoms with Gasteiger partial charge in [-0.05, 0) is 87.0 Å². The summed E-state index contributed by atoms with van der Waals surface area (Å²) in [6.07, 6.45) is 17.1. The number of allylic oxidation sites excluding steroid dienone is 11. The number of nitrogens with one attached hydrogen (secondary N) is 3. The molecule has 8 bridgehead atoms. The fourth-order valence-corrected chi connectivity index (χ4v) is 8.39. The second-order valence-corrected chi connectivity index (χ2v) is 15.3. The number of aliphatic hydroxyl groups excluding tert-OH is 1. The lowest BCUT2D eigenvalue weighted by molar-refractivity contribution is -0.121. The van der Waals surface area contributed by atoms with Crippen LogP contribution in [0.5, 0.6) is 0 Å². The van der Waals surface area contributed by atoms with Gasteiger partial charge in [0, 0.05) is 60.3 Å². The van der Waals surface area contributed by atoms with Crippen molar-refractivity contribution in [2.24, 2.45) is 26.8 Å². The lowest BCUT2D eigenvalue weighted by atomic mass is 9.86. The zero-order valence-corrected chi connectivity index (χ0v) is 32.9. The zero-order chi connectivity index (χ0) is 37.8. The molecular weight excluding hydrogens is 661 g/mol. The van der Waals surface area contributed by atoms with Crippen molar-refractivity contribution in [1.82, 2.24) is 16.0 Å². The van der Waals surface area contributed by atoms with E-state index in [1.54, 1.807) is 0 Å². The highest BCUT2D eigenvalue weighted by Gasteiger charge is 2.41. The number of nitrogens with zero attached hydrogens (tertiary/aromatic N) is 3. The zero-order valence-electron chi connectivity index (χ0n) is 32.9. The first-order valence-corrected chi connectivity index (χ1v) is 20.1. The maximum atomic E-state index is 13.9. The van der Waals surface area contributed by atoms with Crippen molar-refractivity contribution in [3.63, 3.8) is 0 Å². The number of hydrogen-bond acceptors (Lipinski definition) is 7. The molecule has 2 atom stereocenters. The van der Waals surface area contributed by atoms with E-state index in [2.05, 4.69) is 56.6 Å². The molecule has 2 amide bonds. The Bertz CT molecular complexity index is 1920. The number of carbonyl (C=O) groups excluding carboxylic acids is 2. The van der Waals surface area contributed by atoms with E-state index in [-0.39, 0.29) is 23.7 Å². The van der Waals surface area contributed by atoms with Crippen molar-refractivity contribution in [3.05, 3.63) is 91.5 Å². The molecule has 4 N–H and O–H groups in total. The summed E-state index contributed by atoms with van der Waals surface area (Å²) in [7, 11) is 0. The van der Waals surface area contributed by atoms with E-state index in [9.17, 15) is 14.7 Å². The van der Waals surface area contributed by atoms with E-state index < -0.39 is 0 Å². The molecule has 0 aromatic rings. The van der Waals surface area contributed by atoms with Crippen LogP contribution < -0.4 is 16.0 Å². The average Bonchev–Trinajstić information content (AvgIpc) is 3.89. The average molecular weight is 719 g/mol. The molecule has 1 saturated heterocycles. The van der Waals surface area contributed by atoms with Crippen LogP contribution in [0.1, 0.15) is 126 Å². The molecule has 9 heteroatoms. The molecule has 0 aromatic heterocycles. The Labute approximate surface area is 315 Å². The Morgan fingerprint density at radius 3 is 2.21 bits per heavy atom. The molecule has 0 saturated carbocycles. The summed E-state index contributed by atoms with van der Waals surface area (Å²) in [5.74, 6) is 0.308. The minimum atomic E-state index is -0.117. The van der Waals surface area contributed by atoms with Crippen LogP contribution >= 0.6 is 0 Å². The second-order valence-electron chi connectivity index (χ2n) is 15.3. The Balaban J connectivity index is 1.42. The van der Waals surface area contributed by atoms with Crippen LogP contribution in [-0.4, -0.2) is 47.1 Å². The summed E-state index contributed by atoms with van der Waals surface area (Å²) in [5.41, 5.74) is 12.9. The summed E-state index contributed by atoms with van der Waals surface area (Å²) in [6, 6.07) is 0. The number of hydrogen-bond donors (Lipinski definition) is 4. The smallest absolute Gasteiger partial charge is 0.253 e. The van der Waals surface area contributed by atoms with Crippen LogP contribution in [0.25, 0.3) is 0 Å². The Morgan fingerprint density at radius 1 is 0.830 bits per heavy atom. The van der Waals surface area contributed by atoms with Crippen molar-refractivity contribution >= 4 is 28.9 Å². The van der Waals surface area contributed by atoms with Crippen molar-refractivity contribution in [2.45, 2.75) is 126 Å². The third-order valence-corrected chi connectivity index (χ3v) is 11.6. The molecule has 0 unspecified atom stereocenters. The molecule has 0 aromatic carbocycles. The maximum Gasteiger partial charge on any atom is 0.253 e. The first kappa shape index (κ1) is 38.2. The Morgan fingerprint density at radius 2 is 1.51 bits per heavy atom. The van der Waals surface area contributed by atoms with Gasteiger partial charge in [-0.15, -0.1) is 0 Å². The van der Waals surface area contributed by atoms with Gasteiger partial charge in [0.25, 0.3) is 5.91 Å². The summed E-state index contributed by atoms with van der Waals surface area (Å²) >= 11 is 0. The van der Waals surface area contributed by atoms with E-state index in [0.29, 0.717) is 49.4 Å². The highest BCUT2D eigenvalue weighted by atomic mass is 16.3. The van der Waals surface area contributed by atoms with Gasteiger partial charge in [0.15, 0.2) is 0 Å². The highest BCUT2D eigenvalue weighted by Crippen LogP contribution is 2.46. The molecular formula is C44H58N6O3. The van der Waals surface area contributed by atoms with E-state index in [4.69, 9.17) is 15.0 Å². The van der Waals surface area contributed by atoms with Gasteiger partial charge in [0.05, 0.1) is 39.8 Å². The monoisotopic (exact) mass is 718 g/mol. The predicted octanol–water partition coefficient (Wildman–Crippen LogP) is 8.83. The molecule has 1 fully saturated rings. The third-order valence-electron chi connectivity index (χ3n) is 11.6. The van der Waals surface area contributed by atoms with Gasteiger partial charge in [-0.1, -0.05) is 66.2 Å². The number of unbranched alkanes of at least 4 members (excludes halogenated alkanes) is 6.